The second-order valence-electron chi connectivity index (χ2n) is 6.54. The van der Waals surface area contributed by atoms with E-state index in [1.165, 1.54) is 25.2 Å². The summed E-state index contributed by atoms with van der Waals surface area (Å²) in [5.41, 5.74) is 1.85. The number of morpholine rings is 1. The van der Waals surface area contributed by atoms with Crippen molar-refractivity contribution in [3.63, 3.8) is 0 Å². The number of hydrogen-bond acceptors (Lipinski definition) is 5. The number of amides is 2. The van der Waals surface area contributed by atoms with Crippen LogP contribution in [0.2, 0.25) is 0 Å². The highest BCUT2D eigenvalue weighted by Gasteiger charge is 2.49. The highest BCUT2D eigenvalue weighted by atomic mass is 32.1. The van der Waals surface area contributed by atoms with Crippen molar-refractivity contribution in [2.75, 3.05) is 18.4 Å². The average Bonchev–Trinajstić information content (AvgIpc) is 3.07. The van der Waals surface area contributed by atoms with Gasteiger partial charge in [0, 0.05) is 11.3 Å². The van der Waals surface area contributed by atoms with Gasteiger partial charge in [-0.05, 0) is 38.1 Å². The van der Waals surface area contributed by atoms with Crippen LogP contribution in [-0.4, -0.2) is 52.1 Å². The number of anilines is 1. The van der Waals surface area contributed by atoms with Crippen molar-refractivity contribution in [1.82, 2.24) is 15.1 Å². The van der Waals surface area contributed by atoms with Gasteiger partial charge in [0.2, 0.25) is 0 Å². The predicted octanol–water partition coefficient (Wildman–Crippen LogP) is 3.78. The Morgan fingerprint density at radius 3 is 2.62 bits per heavy atom. The Balaban J connectivity index is 1.69. The van der Waals surface area contributed by atoms with Gasteiger partial charge < -0.3 is 15.0 Å². The summed E-state index contributed by atoms with van der Waals surface area (Å²) in [5.74, 6) is 0. The first-order chi connectivity index (χ1) is 12.1. The predicted molar refractivity (Wildman–Crippen MR) is 90.9 cm³/mol. The van der Waals surface area contributed by atoms with Gasteiger partial charge in [-0.1, -0.05) is 11.3 Å². The van der Waals surface area contributed by atoms with E-state index in [-0.39, 0.29) is 6.54 Å². The molecule has 3 rings (SSSR count). The van der Waals surface area contributed by atoms with Crippen molar-refractivity contribution in [2.45, 2.75) is 31.7 Å². The fourth-order valence-corrected chi connectivity index (χ4v) is 3.27. The standard InChI is InChI=1S/C16H17F3N4O2S/c1-15(2)8-23(7-12(25-15)16(17,18)19)14(24)21-11-5-3-10(4-6-11)13-22-20-9-26-13/h3-6,9,12H,7-8H2,1-2H3,(H,21,24). The van der Waals surface area contributed by atoms with Crippen LogP contribution in [0.25, 0.3) is 10.6 Å². The largest absolute Gasteiger partial charge is 0.416 e. The molecule has 6 nitrogen and oxygen atoms in total. The van der Waals surface area contributed by atoms with Gasteiger partial charge in [-0.2, -0.15) is 13.2 Å². The molecule has 1 aromatic carbocycles. The lowest BCUT2D eigenvalue weighted by molar-refractivity contribution is -0.267. The highest BCUT2D eigenvalue weighted by molar-refractivity contribution is 7.12. The number of nitrogens with one attached hydrogen (secondary N) is 1. The zero-order chi connectivity index (χ0) is 18.9. The van der Waals surface area contributed by atoms with E-state index in [4.69, 9.17) is 4.74 Å². The molecule has 1 saturated heterocycles. The molecule has 140 valence electrons. The van der Waals surface area contributed by atoms with Crippen molar-refractivity contribution < 1.29 is 22.7 Å². The number of alkyl halides is 3. The minimum absolute atomic E-state index is 0.0638. The maximum atomic E-state index is 13.0. The molecule has 1 aliphatic heterocycles. The summed E-state index contributed by atoms with van der Waals surface area (Å²) < 4.78 is 44.2. The second-order valence-corrected chi connectivity index (χ2v) is 7.37. The molecule has 0 aliphatic carbocycles. The SMILES string of the molecule is CC1(C)CN(C(=O)Nc2ccc(-c3nncs3)cc2)CC(C(F)(F)F)O1. The zero-order valence-electron chi connectivity index (χ0n) is 14.1. The molecule has 0 spiro atoms. The van der Waals surface area contributed by atoms with Crippen LogP contribution in [0.15, 0.2) is 29.8 Å². The Kier molecular flexibility index (Phi) is 4.89. The lowest BCUT2D eigenvalue weighted by atomic mass is 10.1. The third-order valence-corrected chi connectivity index (χ3v) is 4.55. The number of ether oxygens (including phenoxy) is 1. The van der Waals surface area contributed by atoms with Gasteiger partial charge in [-0.25, -0.2) is 4.79 Å². The molecule has 1 atom stereocenters. The molecular formula is C16H17F3N4O2S. The van der Waals surface area contributed by atoms with Crippen LogP contribution in [-0.2, 0) is 4.74 Å². The molecular weight excluding hydrogens is 369 g/mol. The van der Waals surface area contributed by atoms with Gasteiger partial charge in [0.25, 0.3) is 0 Å². The summed E-state index contributed by atoms with van der Waals surface area (Å²) in [6, 6.07) is 6.26. The van der Waals surface area contributed by atoms with E-state index >= 15 is 0 Å². The Labute approximate surface area is 152 Å². The first-order valence-electron chi connectivity index (χ1n) is 7.81. The molecule has 1 aliphatic rings. The van der Waals surface area contributed by atoms with Gasteiger partial charge in [0.1, 0.15) is 10.5 Å². The number of urea groups is 1. The summed E-state index contributed by atoms with van der Waals surface area (Å²) in [5, 5.41) is 11.1. The minimum Gasteiger partial charge on any atom is -0.359 e. The number of nitrogens with zero attached hydrogens (tertiary/aromatic N) is 3. The molecule has 2 amide bonds. The number of hydrogen-bond donors (Lipinski definition) is 1. The third kappa shape index (κ3) is 4.31. The topological polar surface area (TPSA) is 67.4 Å². The Morgan fingerprint density at radius 2 is 2.04 bits per heavy atom. The number of carbonyl (C=O) groups excluding carboxylic acids is 1. The molecule has 26 heavy (non-hydrogen) atoms. The minimum atomic E-state index is -4.53. The molecule has 10 heteroatoms. The molecule has 0 saturated carbocycles. The Hall–Kier alpha value is -2.20. The fraction of sp³-hybridized carbons (Fsp3) is 0.438. The normalized spacial score (nSPS) is 20.0. The van der Waals surface area contributed by atoms with E-state index in [0.29, 0.717) is 5.69 Å². The summed E-state index contributed by atoms with van der Waals surface area (Å²) in [4.78, 5) is 13.5. The van der Waals surface area contributed by atoms with Crippen LogP contribution in [0, 0.1) is 0 Å². The molecule has 1 aromatic heterocycles. The van der Waals surface area contributed by atoms with Gasteiger partial charge >= 0.3 is 12.2 Å². The molecule has 1 unspecified atom stereocenters. The van der Waals surface area contributed by atoms with Crippen molar-refractivity contribution in [3.05, 3.63) is 29.8 Å². The molecule has 0 radical (unpaired) electrons. The lowest BCUT2D eigenvalue weighted by Crippen LogP contribution is -2.59. The number of carbonyl (C=O) groups is 1. The van der Waals surface area contributed by atoms with Crippen molar-refractivity contribution in [2.24, 2.45) is 0 Å². The average molecular weight is 386 g/mol. The fourth-order valence-electron chi connectivity index (χ4n) is 2.71. The van der Waals surface area contributed by atoms with E-state index in [2.05, 4.69) is 15.5 Å². The van der Waals surface area contributed by atoms with Crippen LogP contribution < -0.4 is 5.32 Å². The van der Waals surface area contributed by atoms with Crippen LogP contribution in [0.1, 0.15) is 13.8 Å². The first kappa shape index (κ1) is 18.6. The summed E-state index contributed by atoms with van der Waals surface area (Å²) in [7, 11) is 0. The number of benzene rings is 1. The molecule has 0 bridgehead atoms. The van der Waals surface area contributed by atoms with Crippen molar-refractivity contribution >= 4 is 23.1 Å². The Bertz CT molecular complexity index is 763. The van der Waals surface area contributed by atoms with Crippen LogP contribution in [0.4, 0.5) is 23.7 Å². The van der Waals surface area contributed by atoms with E-state index < -0.39 is 30.5 Å². The molecule has 2 aromatic rings. The van der Waals surface area contributed by atoms with Gasteiger partial charge in [0.05, 0.1) is 18.7 Å². The number of aromatic nitrogens is 2. The zero-order valence-corrected chi connectivity index (χ0v) is 14.9. The van der Waals surface area contributed by atoms with Crippen LogP contribution in [0.3, 0.4) is 0 Å². The smallest absolute Gasteiger partial charge is 0.359 e. The molecule has 2 heterocycles. The Morgan fingerprint density at radius 1 is 1.35 bits per heavy atom. The summed E-state index contributed by atoms with van der Waals surface area (Å²) >= 11 is 1.38. The van der Waals surface area contributed by atoms with Crippen molar-refractivity contribution in [1.29, 1.82) is 0 Å². The monoisotopic (exact) mass is 386 g/mol. The maximum absolute atomic E-state index is 13.0. The first-order valence-corrected chi connectivity index (χ1v) is 8.69. The van der Waals surface area contributed by atoms with E-state index in [1.54, 1.807) is 29.8 Å². The summed E-state index contributed by atoms with van der Waals surface area (Å²) in [6.07, 6.45) is -6.53. The third-order valence-electron chi connectivity index (χ3n) is 3.81. The van der Waals surface area contributed by atoms with E-state index in [0.717, 1.165) is 15.5 Å². The molecule has 1 N–H and O–H groups in total. The van der Waals surface area contributed by atoms with Crippen molar-refractivity contribution in [3.8, 4) is 10.6 Å². The molecule has 1 fully saturated rings. The van der Waals surface area contributed by atoms with Gasteiger partial charge in [-0.15, -0.1) is 10.2 Å². The maximum Gasteiger partial charge on any atom is 0.416 e. The second kappa shape index (κ2) is 6.84. The number of rotatable bonds is 2. The quantitative estimate of drug-likeness (QED) is 0.853. The number of halogens is 3. The van der Waals surface area contributed by atoms with Crippen LogP contribution >= 0.6 is 11.3 Å². The lowest BCUT2D eigenvalue weighted by Gasteiger charge is -2.43. The van der Waals surface area contributed by atoms with E-state index in [1.807, 2.05) is 0 Å². The van der Waals surface area contributed by atoms with Crippen LogP contribution in [0.5, 0.6) is 0 Å². The summed E-state index contributed by atoms with van der Waals surface area (Å²) in [6.45, 7) is 2.58. The van der Waals surface area contributed by atoms with E-state index in [9.17, 15) is 18.0 Å². The highest BCUT2D eigenvalue weighted by Crippen LogP contribution is 2.32. The van der Waals surface area contributed by atoms with Gasteiger partial charge in [0.15, 0.2) is 6.10 Å². The van der Waals surface area contributed by atoms with Gasteiger partial charge in [-0.3, -0.25) is 0 Å².